The van der Waals surface area contributed by atoms with Crippen molar-refractivity contribution in [1.82, 2.24) is 4.90 Å². The van der Waals surface area contributed by atoms with Gasteiger partial charge in [-0.25, -0.2) is 4.79 Å². The number of nitrogens with zero attached hydrogens (tertiary/aromatic N) is 1. The lowest BCUT2D eigenvalue weighted by Crippen LogP contribution is -2.37. The fourth-order valence-electron chi connectivity index (χ4n) is 2.23. The van der Waals surface area contributed by atoms with Crippen LogP contribution in [0.1, 0.15) is 15.9 Å². The molecule has 7 nitrogen and oxygen atoms in total. The van der Waals surface area contributed by atoms with Crippen molar-refractivity contribution in [2.24, 2.45) is 0 Å². The minimum Gasteiger partial charge on any atom is -0.452 e. The van der Waals surface area contributed by atoms with E-state index in [2.05, 4.69) is 5.32 Å². The number of halogens is 1. The van der Waals surface area contributed by atoms with E-state index in [1.807, 2.05) is 0 Å². The van der Waals surface area contributed by atoms with Crippen molar-refractivity contribution in [1.29, 1.82) is 0 Å². The largest absolute Gasteiger partial charge is 0.452 e. The van der Waals surface area contributed by atoms with Gasteiger partial charge in [-0.3, -0.25) is 9.59 Å². The molecule has 0 saturated heterocycles. The van der Waals surface area contributed by atoms with E-state index < -0.39 is 24.4 Å². The van der Waals surface area contributed by atoms with Crippen molar-refractivity contribution in [3.63, 3.8) is 0 Å². The van der Waals surface area contributed by atoms with Crippen LogP contribution in [0, 0.1) is 6.92 Å². The summed E-state index contributed by atoms with van der Waals surface area (Å²) in [5.41, 5.74) is 7.54. The van der Waals surface area contributed by atoms with Crippen molar-refractivity contribution in [3.05, 3.63) is 58.6 Å². The number of likely N-dealkylation sites (N-methyl/N-ethyl adjacent to an activating group) is 1. The highest BCUT2D eigenvalue weighted by molar-refractivity contribution is 6.33. The molecule has 0 bridgehead atoms. The first-order chi connectivity index (χ1) is 12.8. The summed E-state index contributed by atoms with van der Waals surface area (Å²) < 4.78 is 5.00. The van der Waals surface area contributed by atoms with Crippen molar-refractivity contribution >= 4 is 40.8 Å². The predicted molar refractivity (Wildman–Crippen MR) is 104 cm³/mol. The molecule has 2 aromatic carbocycles. The van der Waals surface area contributed by atoms with Crippen molar-refractivity contribution in [3.8, 4) is 0 Å². The topological polar surface area (TPSA) is 102 Å². The quantitative estimate of drug-likeness (QED) is 0.583. The van der Waals surface area contributed by atoms with Crippen LogP contribution in [0.25, 0.3) is 0 Å². The fraction of sp³-hybridized carbons (Fsp3) is 0.211. The highest BCUT2D eigenvalue weighted by Gasteiger charge is 2.18. The molecule has 0 aromatic heterocycles. The highest BCUT2D eigenvalue weighted by Crippen LogP contribution is 2.20. The first kappa shape index (κ1) is 20.3. The van der Waals surface area contributed by atoms with Gasteiger partial charge in [-0.1, -0.05) is 35.9 Å². The number of carbonyl (C=O) groups is 3. The third-order valence-electron chi connectivity index (χ3n) is 3.83. The van der Waals surface area contributed by atoms with Crippen LogP contribution in [-0.2, 0) is 14.3 Å². The minimum atomic E-state index is -0.696. The molecule has 0 aliphatic carbocycles. The van der Waals surface area contributed by atoms with Crippen molar-refractivity contribution < 1.29 is 19.1 Å². The Labute approximate surface area is 162 Å². The Morgan fingerprint density at radius 2 is 1.85 bits per heavy atom. The van der Waals surface area contributed by atoms with E-state index in [-0.39, 0.29) is 12.1 Å². The summed E-state index contributed by atoms with van der Waals surface area (Å²) in [4.78, 5) is 37.4. The monoisotopic (exact) mass is 389 g/mol. The van der Waals surface area contributed by atoms with Gasteiger partial charge in [0.25, 0.3) is 5.91 Å². The van der Waals surface area contributed by atoms with E-state index in [1.54, 1.807) is 43.3 Å². The Hall–Kier alpha value is -3.06. The smallest absolute Gasteiger partial charge is 0.340 e. The molecule has 0 saturated carbocycles. The summed E-state index contributed by atoms with van der Waals surface area (Å²) in [6.07, 6.45) is 0. The molecule has 2 rings (SSSR count). The number of rotatable bonds is 6. The molecule has 27 heavy (non-hydrogen) atoms. The molecule has 0 aliphatic heterocycles. The van der Waals surface area contributed by atoms with Crippen LogP contribution in [0.5, 0.6) is 0 Å². The Morgan fingerprint density at radius 3 is 2.56 bits per heavy atom. The van der Waals surface area contributed by atoms with Gasteiger partial charge in [-0.2, -0.15) is 0 Å². The third kappa shape index (κ3) is 5.46. The summed E-state index contributed by atoms with van der Waals surface area (Å²) in [6, 6.07) is 11.7. The number of nitrogen functional groups attached to an aromatic ring is 1. The van der Waals surface area contributed by atoms with Gasteiger partial charge in [0.1, 0.15) is 0 Å². The van der Waals surface area contributed by atoms with Gasteiger partial charge >= 0.3 is 5.97 Å². The van der Waals surface area contributed by atoms with Crippen LogP contribution in [0.4, 0.5) is 11.4 Å². The van der Waals surface area contributed by atoms with Crippen molar-refractivity contribution in [2.45, 2.75) is 6.92 Å². The summed E-state index contributed by atoms with van der Waals surface area (Å²) in [7, 11) is 1.43. The van der Waals surface area contributed by atoms with Crippen LogP contribution in [0.3, 0.4) is 0 Å². The molecule has 2 aromatic rings. The number of esters is 1. The van der Waals surface area contributed by atoms with Crippen LogP contribution < -0.4 is 11.1 Å². The number of nitrogens with two attached hydrogens (primary N) is 1. The standard InChI is InChI=1S/C19H20ClN3O4/c1-12-6-5-7-13(18(12)21)19(26)27-11-17(25)23(2)10-16(24)22-15-9-4-3-8-14(15)20/h3-9H,10-11,21H2,1-2H3,(H,22,24). The number of hydrogen-bond acceptors (Lipinski definition) is 5. The second kappa shape index (κ2) is 9.05. The second-order valence-electron chi connectivity index (χ2n) is 5.89. The summed E-state index contributed by atoms with van der Waals surface area (Å²) >= 11 is 5.97. The van der Waals surface area contributed by atoms with Crippen LogP contribution in [-0.4, -0.2) is 42.9 Å². The Bertz CT molecular complexity index is 870. The maximum absolute atomic E-state index is 12.1. The normalized spacial score (nSPS) is 10.2. The molecule has 0 unspecified atom stereocenters. The fourth-order valence-corrected chi connectivity index (χ4v) is 2.41. The number of benzene rings is 2. The summed E-state index contributed by atoms with van der Waals surface area (Å²) in [6.45, 7) is 1.05. The second-order valence-corrected chi connectivity index (χ2v) is 6.30. The van der Waals surface area contributed by atoms with E-state index in [1.165, 1.54) is 13.1 Å². The van der Waals surface area contributed by atoms with E-state index >= 15 is 0 Å². The number of amides is 2. The van der Waals surface area contributed by atoms with Crippen LogP contribution >= 0.6 is 11.6 Å². The number of anilines is 2. The minimum absolute atomic E-state index is 0.196. The number of hydrogen-bond donors (Lipinski definition) is 2. The zero-order valence-corrected chi connectivity index (χ0v) is 15.7. The molecule has 3 N–H and O–H groups in total. The zero-order chi connectivity index (χ0) is 20.0. The lowest BCUT2D eigenvalue weighted by atomic mass is 10.1. The highest BCUT2D eigenvalue weighted by atomic mass is 35.5. The number of carbonyl (C=O) groups excluding carboxylic acids is 3. The van der Waals surface area contributed by atoms with Gasteiger partial charge in [0.2, 0.25) is 5.91 Å². The molecule has 0 aliphatic rings. The average Bonchev–Trinajstić information content (AvgIpc) is 2.63. The summed E-state index contributed by atoms with van der Waals surface area (Å²) in [5.74, 6) is -1.64. The van der Waals surface area contributed by atoms with Gasteiger partial charge in [0.05, 0.1) is 22.8 Å². The van der Waals surface area contributed by atoms with Crippen LogP contribution in [0.15, 0.2) is 42.5 Å². The number of aryl methyl sites for hydroxylation is 1. The van der Waals surface area contributed by atoms with Gasteiger partial charge in [0.15, 0.2) is 6.61 Å². The first-order valence-corrected chi connectivity index (χ1v) is 8.48. The van der Waals surface area contributed by atoms with Crippen molar-refractivity contribution in [2.75, 3.05) is 31.2 Å². The predicted octanol–water partition coefficient (Wildman–Crippen LogP) is 2.48. The van der Waals surface area contributed by atoms with E-state index in [9.17, 15) is 14.4 Å². The maximum atomic E-state index is 12.1. The average molecular weight is 390 g/mol. The van der Waals surface area contributed by atoms with Gasteiger partial charge in [-0.05, 0) is 30.7 Å². The molecule has 0 spiro atoms. The molecule has 8 heteroatoms. The van der Waals surface area contributed by atoms with Crippen LogP contribution in [0.2, 0.25) is 5.02 Å². The molecular weight excluding hydrogens is 370 g/mol. The van der Waals surface area contributed by atoms with Gasteiger partial charge < -0.3 is 20.7 Å². The maximum Gasteiger partial charge on any atom is 0.340 e. The Morgan fingerprint density at radius 1 is 1.15 bits per heavy atom. The number of para-hydroxylation sites is 2. The zero-order valence-electron chi connectivity index (χ0n) is 15.0. The molecule has 142 valence electrons. The number of nitrogens with one attached hydrogen (secondary N) is 1. The van der Waals surface area contributed by atoms with E-state index in [4.69, 9.17) is 22.1 Å². The third-order valence-corrected chi connectivity index (χ3v) is 4.15. The first-order valence-electron chi connectivity index (χ1n) is 8.10. The number of ether oxygens (including phenoxy) is 1. The molecule has 0 heterocycles. The lowest BCUT2D eigenvalue weighted by Gasteiger charge is -2.17. The Kier molecular flexibility index (Phi) is 6.79. The molecule has 0 fully saturated rings. The van der Waals surface area contributed by atoms with E-state index in [0.29, 0.717) is 16.4 Å². The SMILES string of the molecule is Cc1cccc(C(=O)OCC(=O)N(C)CC(=O)Nc2ccccc2Cl)c1N. The molecular formula is C19H20ClN3O4. The van der Waals surface area contributed by atoms with E-state index in [0.717, 1.165) is 10.5 Å². The van der Waals surface area contributed by atoms with Gasteiger partial charge in [-0.15, -0.1) is 0 Å². The summed E-state index contributed by atoms with van der Waals surface area (Å²) in [5, 5.41) is 3.00. The molecule has 0 radical (unpaired) electrons. The molecule has 0 atom stereocenters. The Balaban J connectivity index is 1.86. The van der Waals surface area contributed by atoms with Gasteiger partial charge in [0, 0.05) is 12.7 Å². The molecule has 2 amide bonds. The lowest BCUT2D eigenvalue weighted by molar-refractivity contribution is -0.136.